The van der Waals surface area contributed by atoms with Crippen LogP contribution in [0.25, 0.3) is 11.4 Å². The highest BCUT2D eigenvalue weighted by Crippen LogP contribution is 2.38. The summed E-state index contributed by atoms with van der Waals surface area (Å²) in [7, 11) is 0. The second kappa shape index (κ2) is 11.6. The molecule has 1 N–H and O–H groups in total. The van der Waals surface area contributed by atoms with E-state index in [0.29, 0.717) is 48.8 Å². The Morgan fingerprint density at radius 2 is 1.49 bits per heavy atom. The molecule has 3 aromatic carbocycles. The zero-order valence-corrected chi connectivity index (χ0v) is 23.2. The number of benzene rings is 3. The van der Waals surface area contributed by atoms with E-state index in [1.54, 1.807) is 60.4 Å². The molecule has 2 heterocycles. The van der Waals surface area contributed by atoms with Crippen molar-refractivity contribution in [2.24, 2.45) is 5.92 Å². The molecule has 212 valence electrons. The molecule has 0 saturated carbocycles. The van der Waals surface area contributed by atoms with Gasteiger partial charge in [-0.15, -0.1) is 0 Å². The normalized spacial score (nSPS) is 15.5. The standard InChI is InChI=1S/C32H32F2N4O3/c1-20(2)28(22-8-12-26(33)13-9-22)36-31(40)32(25-10-14-27(34)15-11-25)16-18-38(19-17-32)30(39)24-6-4-23(5-7-24)29-35-21(3)41-37-29/h4-15,20,28H,16-19H2,1-3H3,(H,36,40). The molecule has 2 amide bonds. The first-order chi connectivity index (χ1) is 19.7. The van der Waals surface area contributed by atoms with Crippen molar-refractivity contribution in [1.82, 2.24) is 20.4 Å². The highest BCUT2D eigenvalue weighted by molar-refractivity contribution is 5.95. The number of nitrogens with zero attached hydrogens (tertiary/aromatic N) is 3. The van der Waals surface area contributed by atoms with E-state index in [9.17, 15) is 18.4 Å². The van der Waals surface area contributed by atoms with Crippen molar-refractivity contribution in [3.8, 4) is 11.4 Å². The lowest BCUT2D eigenvalue weighted by Crippen LogP contribution is -2.53. The second-order valence-corrected chi connectivity index (χ2v) is 10.8. The van der Waals surface area contributed by atoms with Gasteiger partial charge in [-0.25, -0.2) is 8.78 Å². The van der Waals surface area contributed by atoms with Gasteiger partial charge in [-0.1, -0.05) is 55.4 Å². The molecule has 1 aliphatic heterocycles. The van der Waals surface area contributed by atoms with Crippen molar-refractivity contribution >= 4 is 11.8 Å². The molecular weight excluding hydrogens is 526 g/mol. The van der Waals surface area contributed by atoms with E-state index in [-0.39, 0.29) is 35.4 Å². The Hall–Kier alpha value is -4.40. The first kappa shape index (κ1) is 28.1. The minimum absolute atomic E-state index is 0.0377. The number of hydrogen-bond acceptors (Lipinski definition) is 5. The largest absolute Gasteiger partial charge is 0.348 e. The molecule has 7 nitrogen and oxygen atoms in total. The third-order valence-corrected chi connectivity index (χ3v) is 7.84. The van der Waals surface area contributed by atoms with Gasteiger partial charge in [0.05, 0.1) is 11.5 Å². The van der Waals surface area contributed by atoms with Gasteiger partial charge in [-0.05, 0) is 66.3 Å². The van der Waals surface area contributed by atoms with Gasteiger partial charge in [-0.2, -0.15) is 4.98 Å². The minimum atomic E-state index is -0.960. The van der Waals surface area contributed by atoms with Gasteiger partial charge in [0.1, 0.15) is 11.6 Å². The summed E-state index contributed by atoms with van der Waals surface area (Å²) in [5.41, 5.74) is 1.80. The number of aromatic nitrogens is 2. The smallest absolute Gasteiger partial charge is 0.253 e. The maximum atomic E-state index is 14.1. The van der Waals surface area contributed by atoms with E-state index in [4.69, 9.17) is 4.52 Å². The Bertz CT molecular complexity index is 1510. The number of carbonyl (C=O) groups is 2. The van der Waals surface area contributed by atoms with Crippen LogP contribution in [0.5, 0.6) is 0 Å². The van der Waals surface area contributed by atoms with Crippen molar-refractivity contribution in [2.45, 2.75) is 45.1 Å². The summed E-state index contributed by atoms with van der Waals surface area (Å²) < 4.78 is 32.5. The first-order valence-electron chi connectivity index (χ1n) is 13.7. The Morgan fingerprint density at radius 1 is 0.902 bits per heavy atom. The molecule has 0 aliphatic carbocycles. The number of rotatable bonds is 7. The Morgan fingerprint density at radius 3 is 2.02 bits per heavy atom. The van der Waals surface area contributed by atoms with E-state index < -0.39 is 5.41 Å². The first-order valence-corrected chi connectivity index (χ1v) is 13.7. The Balaban J connectivity index is 1.36. The van der Waals surface area contributed by atoms with Crippen LogP contribution in [0.4, 0.5) is 8.78 Å². The van der Waals surface area contributed by atoms with Crippen molar-refractivity contribution in [3.05, 3.63) is 107 Å². The average Bonchev–Trinajstić information content (AvgIpc) is 3.42. The molecule has 41 heavy (non-hydrogen) atoms. The molecule has 1 fully saturated rings. The zero-order valence-electron chi connectivity index (χ0n) is 23.2. The predicted octanol–water partition coefficient (Wildman–Crippen LogP) is 6.01. The summed E-state index contributed by atoms with van der Waals surface area (Å²) in [6, 6.07) is 18.8. The van der Waals surface area contributed by atoms with E-state index in [0.717, 1.165) is 11.1 Å². The lowest BCUT2D eigenvalue weighted by Gasteiger charge is -2.42. The summed E-state index contributed by atoms with van der Waals surface area (Å²) in [5, 5.41) is 7.11. The maximum absolute atomic E-state index is 14.1. The summed E-state index contributed by atoms with van der Waals surface area (Å²) in [5.74, 6) is -0.117. The van der Waals surface area contributed by atoms with Gasteiger partial charge in [-0.3, -0.25) is 9.59 Å². The molecule has 1 atom stereocenters. The number of carbonyl (C=O) groups excluding carboxylic acids is 2. The van der Waals surface area contributed by atoms with Crippen molar-refractivity contribution in [1.29, 1.82) is 0 Å². The number of hydrogen-bond donors (Lipinski definition) is 1. The van der Waals surface area contributed by atoms with Crippen molar-refractivity contribution < 1.29 is 22.9 Å². The van der Waals surface area contributed by atoms with Crippen molar-refractivity contribution in [3.63, 3.8) is 0 Å². The van der Waals surface area contributed by atoms with Crippen LogP contribution in [0, 0.1) is 24.5 Å². The molecule has 9 heteroatoms. The fourth-order valence-corrected chi connectivity index (χ4v) is 5.45. The molecule has 1 aliphatic rings. The van der Waals surface area contributed by atoms with Crippen LogP contribution in [0.2, 0.25) is 0 Å². The molecule has 0 spiro atoms. The van der Waals surface area contributed by atoms with Crippen LogP contribution >= 0.6 is 0 Å². The SMILES string of the molecule is Cc1nc(-c2ccc(C(=O)N3CCC(C(=O)NC(c4ccc(F)cc4)C(C)C)(c4ccc(F)cc4)CC3)cc2)no1. The number of piperidine rings is 1. The molecule has 5 rings (SSSR count). The molecule has 0 bridgehead atoms. The van der Waals surface area contributed by atoms with Crippen LogP contribution in [-0.4, -0.2) is 39.9 Å². The Kier molecular flexibility index (Phi) is 7.97. The van der Waals surface area contributed by atoms with E-state index in [2.05, 4.69) is 15.5 Å². The van der Waals surface area contributed by atoms with Gasteiger partial charge < -0.3 is 14.7 Å². The number of aryl methyl sites for hydroxylation is 1. The third kappa shape index (κ3) is 5.89. The summed E-state index contributed by atoms with van der Waals surface area (Å²) >= 11 is 0. The van der Waals surface area contributed by atoms with Gasteiger partial charge in [0.15, 0.2) is 0 Å². The summed E-state index contributed by atoms with van der Waals surface area (Å²) in [4.78, 5) is 33.4. The monoisotopic (exact) mass is 558 g/mol. The molecular formula is C32H32F2N4O3. The maximum Gasteiger partial charge on any atom is 0.253 e. The highest BCUT2D eigenvalue weighted by atomic mass is 19.1. The number of amides is 2. The minimum Gasteiger partial charge on any atom is -0.348 e. The van der Waals surface area contributed by atoms with E-state index in [1.165, 1.54) is 24.3 Å². The number of nitrogens with one attached hydrogen (secondary N) is 1. The lowest BCUT2D eigenvalue weighted by molar-refractivity contribution is -0.129. The molecule has 1 unspecified atom stereocenters. The second-order valence-electron chi connectivity index (χ2n) is 10.8. The van der Waals surface area contributed by atoms with Crippen LogP contribution < -0.4 is 5.32 Å². The van der Waals surface area contributed by atoms with Crippen LogP contribution in [0.15, 0.2) is 77.3 Å². The fraction of sp³-hybridized carbons (Fsp3) is 0.312. The lowest BCUT2D eigenvalue weighted by atomic mass is 9.71. The van der Waals surface area contributed by atoms with Crippen LogP contribution in [-0.2, 0) is 10.2 Å². The highest BCUT2D eigenvalue weighted by Gasteiger charge is 2.44. The average molecular weight is 559 g/mol. The molecule has 1 aromatic heterocycles. The van der Waals surface area contributed by atoms with Gasteiger partial charge in [0.25, 0.3) is 5.91 Å². The van der Waals surface area contributed by atoms with Gasteiger partial charge in [0.2, 0.25) is 17.6 Å². The van der Waals surface area contributed by atoms with Crippen LogP contribution in [0.1, 0.15) is 60.1 Å². The topological polar surface area (TPSA) is 88.3 Å². The predicted molar refractivity (Wildman–Crippen MR) is 150 cm³/mol. The summed E-state index contributed by atoms with van der Waals surface area (Å²) in [6.07, 6.45) is 0.731. The molecule has 1 saturated heterocycles. The fourth-order valence-electron chi connectivity index (χ4n) is 5.45. The quantitative estimate of drug-likeness (QED) is 0.300. The number of halogens is 2. The molecule has 4 aromatic rings. The Labute approximate surface area is 237 Å². The zero-order chi connectivity index (χ0) is 29.1. The van der Waals surface area contributed by atoms with E-state index in [1.807, 2.05) is 13.8 Å². The third-order valence-electron chi connectivity index (χ3n) is 7.84. The van der Waals surface area contributed by atoms with Gasteiger partial charge in [0, 0.05) is 31.1 Å². The van der Waals surface area contributed by atoms with Crippen molar-refractivity contribution in [2.75, 3.05) is 13.1 Å². The molecule has 0 radical (unpaired) electrons. The van der Waals surface area contributed by atoms with Gasteiger partial charge >= 0.3 is 0 Å². The van der Waals surface area contributed by atoms with Crippen LogP contribution in [0.3, 0.4) is 0 Å². The van der Waals surface area contributed by atoms with E-state index >= 15 is 0 Å². The number of likely N-dealkylation sites (tertiary alicyclic amines) is 1. The summed E-state index contributed by atoms with van der Waals surface area (Å²) in [6.45, 7) is 6.38.